The number of allylic oxidation sites excluding steroid dienone is 2. The first-order valence-corrected chi connectivity index (χ1v) is 3.94. The molecule has 2 aliphatic rings. The van der Waals surface area contributed by atoms with Gasteiger partial charge in [-0.2, -0.15) is 0 Å². The minimum Gasteiger partial charge on any atom is -0.251 e. The standard InChI is InChI=1S/C9H7N3/c1-5-6-4-12-9-8(7(5)6)10-2-3-11-9/h2-4,6H,1H3. The lowest BCUT2D eigenvalue weighted by molar-refractivity contribution is 1.11. The van der Waals surface area contributed by atoms with E-state index in [-0.39, 0.29) is 0 Å². The minimum atomic E-state index is 0.467. The Hall–Kier alpha value is -1.51. The maximum Gasteiger partial charge on any atom is 0.178 e. The topological polar surface area (TPSA) is 38.1 Å². The highest BCUT2D eigenvalue weighted by molar-refractivity contribution is 6.04. The van der Waals surface area contributed by atoms with Crippen molar-refractivity contribution >= 4 is 17.6 Å². The Labute approximate surface area is 69.9 Å². The number of aliphatic imine (C=N–C) groups is 1. The van der Waals surface area contributed by atoms with Gasteiger partial charge in [-0.1, -0.05) is 5.57 Å². The van der Waals surface area contributed by atoms with E-state index in [9.17, 15) is 0 Å². The van der Waals surface area contributed by atoms with Crippen molar-refractivity contribution in [1.29, 1.82) is 0 Å². The molecule has 1 aliphatic carbocycles. The van der Waals surface area contributed by atoms with Gasteiger partial charge in [0.2, 0.25) is 0 Å². The average molecular weight is 157 g/mol. The Bertz CT molecular complexity index is 418. The lowest BCUT2D eigenvalue weighted by Gasteiger charge is -2.03. The molecule has 0 bridgehead atoms. The Balaban J connectivity index is 2.28. The molecule has 0 fully saturated rings. The van der Waals surface area contributed by atoms with Crippen molar-refractivity contribution in [2.75, 3.05) is 0 Å². The minimum absolute atomic E-state index is 0.467. The van der Waals surface area contributed by atoms with Crippen LogP contribution in [0.2, 0.25) is 0 Å². The number of nitrogens with zero attached hydrogens (tertiary/aromatic N) is 3. The van der Waals surface area contributed by atoms with Crippen molar-refractivity contribution in [3.8, 4) is 0 Å². The van der Waals surface area contributed by atoms with Crippen LogP contribution in [0.15, 0.2) is 23.0 Å². The van der Waals surface area contributed by atoms with Gasteiger partial charge in [-0.25, -0.2) is 9.98 Å². The Kier molecular flexibility index (Phi) is 0.909. The predicted octanol–water partition coefficient (Wildman–Crippen LogP) is 1.60. The van der Waals surface area contributed by atoms with Crippen LogP contribution in [-0.4, -0.2) is 16.2 Å². The molecule has 3 nitrogen and oxygen atoms in total. The van der Waals surface area contributed by atoms with E-state index in [1.54, 1.807) is 12.4 Å². The van der Waals surface area contributed by atoms with Crippen molar-refractivity contribution in [1.82, 2.24) is 9.97 Å². The third-order valence-electron chi connectivity index (χ3n) is 2.40. The summed E-state index contributed by atoms with van der Waals surface area (Å²) in [7, 11) is 0. The maximum absolute atomic E-state index is 4.26. The molecule has 12 heavy (non-hydrogen) atoms. The molecule has 1 unspecified atom stereocenters. The van der Waals surface area contributed by atoms with Crippen molar-refractivity contribution < 1.29 is 0 Å². The molecule has 3 heteroatoms. The van der Waals surface area contributed by atoms with E-state index in [2.05, 4.69) is 21.9 Å². The van der Waals surface area contributed by atoms with Gasteiger partial charge < -0.3 is 0 Å². The number of fused-ring (bicyclic) bond motifs is 3. The number of rotatable bonds is 0. The van der Waals surface area contributed by atoms with E-state index in [0.717, 1.165) is 11.5 Å². The number of hydrogen-bond donors (Lipinski definition) is 0. The van der Waals surface area contributed by atoms with Gasteiger partial charge >= 0.3 is 0 Å². The molecule has 1 atom stereocenters. The SMILES string of the molecule is CC1=C2c3nccnc3N=CC12. The molecule has 0 aromatic carbocycles. The maximum atomic E-state index is 4.26. The van der Waals surface area contributed by atoms with Crippen molar-refractivity contribution in [3.63, 3.8) is 0 Å². The molecule has 2 heterocycles. The molecule has 0 saturated heterocycles. The van der Waals surface area contributed by atoms with Gasteiger partial charge in [-0.15, -0.1) is 0 Å². The zero-order valence-electron chi connectivity index (χ0n) is 6.65. The van der Waals surface area contributed by atoms with Crippen LogP contribution in [0.25, 0.3) is 5.57 Å². The van der Waals surface area contributed by atoms with Crippen molar-refractivity contribution in [3.05, 3.63) is 23.7 Å². The smallest absolute Gasteiger partial charge is 0.178 e. The summed E-state index contributed by atoms with van der Waals surface area (Å²) < 4.78 is 0. The summed E-state index contributed by atoms with van der Waals surface area (Å²) in [5.74, 6) is 1.23. The Morgan fingerprint density at radius 3 is 3.00 bits per heavy atom. The van der Waals surface area contributed by atoms with Crippen LogP contribution in [0.3, 0.4) is 0 Å². The summed E-state index contributed by atoms with van der Waals surface area (Å²) in [6.45, 7) is 2.12. The van der Waals surface area contributed by atoms with Crippen molar-refractivity contribution in [2.45, 2.75) is 6.92 Å². The van der Waals surface area contributed by atoms with Crippen LogP contribution in [0.1, 0.15) is 12.6 Å². The van der Waals surface area contributed by atoms with Gasteiger partial charge in [0.1, 0.15) is 5.69 Å². The fraction of sp³-hybridized carbons (Fsp3) is 0.222. The summed E-state index contributed by atoms with van der Waals surface area (Å²) in [6.07, 6.45) is 5.34. The molecule has 0 N–H and O–H groups in total. The second-order valence-corrected chi connectivity index (χ2v) is 3.08. The highest BCUT2D eigenvalue weighted by Gasteiger charge is 2.37. The number of aromatic nitrogens is 2. The molecule has 0 radical (unpaired) electrons. The van der Waals surface area contributed by atoms with Crippen LogP contribution in [0.5, 0.6) is 0 Å². The van der Waals surface area contributed by atoms with Gasteiger partial charge in [0.05, 0.1) is 0 Å². The van der Waals surface area contributed by atoms with E-state index >= 15 is 0 Å². The van der Waals surface area contributed by atoms with Crippen LogP contribution in [0, 0.1) is 5.92 Å². The summed E-state index contributed by atoms with van der Waals surface area (Å²) in [5, 5.41) is 0. The van der Waals surface area contributed by atoms with E-state index in [4.69, 9.17) is 0 Å². The van der Waals surface area contributed by atoms with Gasteiger partial charge in [0.25, 0.3) is 0 Å². The van der Waals surface area contributed by atoms with E-state index < -0.39 is 0 Å². The lowest BCUT2D eigenvalue weighted by Crippen LogP contribution is -1.95. The number of hydrogen-bond acceptors (Lipinski definition) is 3. The fourth-order valence-electron chi connectivity index (χ4n) is 1.63. The highest BCUT2D eigenvalue weighted by atomic mass is 15.0. The zero-order valence-corrected chi connectivity index (χ0v) is 6.65. The Morgan fingerprint density at radius 1 is 1.25 bits per heavy atom. The zero-order chi connectivity index (χ0) is 8.13. The van der Waals surface area contributed by atoms with Crippen LogP contribution >= 0.6 is 0 Å². The molecule has 0 spiro atoms. The van der Waals surface area contributed by atoms with E-state index in [1.165, 1.54) is 11.1 Å². The summed E-state index contributed by atoms with van der Waals surface area (Å²) >= 11 is 0. The van der Waals surface area contributed by atoms with Crippen LogP contribution in [-0.2, 0) is 0 Å². The quantitative estimate of drug-likeness (QED) is 0.573. The summed E-state index contributed by atoms with van der Waals surface area (Å²) in [6, 6.07) is 0. The third kappa shape index (κ3) is 0.587. The van der Waals surface area contributed by atoms with Crippen LogP contribution < -0.4 is 0 Å². The first-order valence-electron chi connectivity index (χ1n) is 3.94. The van der Waals surface area contributed by atoms with Crippen molar-refractivity contribution in [2.24, 2.45) is 10.9 Å². The molecular weight excluding hydrogens is 150 g/mol. The lowest BCUT2D eigenvalue weighted by atomic mass is 10.2. The molecule has 58 valence electrons. The van der Waals surface area contributed by atoms with Gasteiger partial charge in [0.15, 0.2) is 5.82 Å². The molecule has 3 rings (SSSR count). The third-order valence-corrected chi connectivity index (χ3v) is 2.40. The normalized spacial score (nSPS) is 23.6. The first kappa shape index (κ1) is 6.06. The molecule has 1 aromatic rings. The first-order chi connectivity index (χ1) is 5.88. The van der Waals surface area contributed by atoms with Crippen LogP contribution in [0.4, 0.5) is 5.82 Å². The second-order valence-electron chi connectivity index (χ2n) is 3.08. The average Bonchev–Trinajstić information content (AvgIpc) is 2.78. The summed E-state index contributed by atoms with van der Waals surface area (Å²) in [4.78, 5) is 12.6. The van der Waals surface area contributed by atoms with E-state index in [0.29, 0.717) is 5.92 Å². The summed E-state index contributed by atoms with van der Waals surface area (Å²) in [5.41, 5.74) is 3.69. The van der Waals surface area contributed by atoms with E-state index in [1.807, 2.05) is 6.21 Å². The highest BCUT2D eigenvalue weighted by Crippen LogP contribution is 2.49. The Morgan fingerprint density at radius 2 is 2.08 bits per heavy atom. The molecule has 1 aromatic heterocycles. The molecule has 0 saturated carbocycles. The van der Waals surface area contributed by atoms with Gasteiger partial charge in [-0.3, -0.25) is 4.98 Å². The van der Waals surface area contributed by atoms with Gasteiger partial charge in [-0.05, 0) is 12.5 Å². The van der Waals surface area contributed by atoms with Gasteiger partial charge in [0, 0.05) is 24.5 Å². The monoisotopic (exact) mass is 157 g/mol. The molecular formula is C9H7N3. The molecule has 0 amide bonds. The largest absolute Gasteiger partial charge is 0.251 e. The second kappa shape index (κ2) is 1.80. The fourth-order valence-corrected chi connectivity index (χ4v) is 1.63. The molecule has 1 aliphatic heterocycles. The predicted molar refractivity (Wildman–Crippen MR) is 46.3 cm³/mol.